The molecule has 1 aromatic carbocycles. The van der Waals surface area contributed by atoms with Crippen molar-refractivity contribution in [3.8, 4) is 0 Å². The summed E-state index contributed by atoms with van der Waals surface area (Å²) in [6.45, 7) is 4.42. The lowest BCUT2D eigenvalue weighted by atomic mass is 10.1. The fourth-order valence-corrected chi connectivity index (χ4v) is 1.49. The summed E-state index contributed by atoms with van der Waals surface area (Å²) in [5.41, 5.74) is 0.698. The number of rotatable bonds is 7. The maximum atomic E-state index is 12.9. The molecule has 94 valence electrons. The van der Waals surface area contributed by atoms with Crippen LogP contribution < -0.4 is 10.6 Å². The molecule has 0 heterocycles. The van der Waals surface area contributed by atoms with E-state index in [1.165, 1.54) is 12.1 Å². The van der Waals surface area contributed by atoms with Crippen LogP contribution in [0.15, 0.2) is 24.3 Å². The largest absolute Gasteiger partial charge is 0.355 e. The molecule has 0 aliphatic heterocycles. The van der Waals surface area contributed by atoms with Gasteiger partial charge in [0.1, 0.15) is 5.82 Å². The van der Waals surface area contributed by atoms with Gasteiger partial charge >= 0.3 is 0 Å². The van der Waals surface area contributed by atoms with Gasteiger partial charge in [-0.2, -0.15) is 0 Å². The van der Waals surface area contributed by atoms with Crippen LogP contribution in [0.2, 0.25) is 0 Å². The van der Waals surface area contributed by atoms with Crippen LogP contribution in [-0.2, 0) is 11.2 Å². The molecule has 0 radical (unpaired) electrons. The second-order valence-electron chi connectivity index (χ2n) is 3.91. The molecule has 0 saturated carbocycles. The van der Waals surface area contributed by atoms with Gasteiger partial charge in [0.25, 0.3) is 0 Å². The molecule has 0 aliphatic carbocycles. The molecular weight excluding hydrogens is 219 g/mol. The minimum atomic E-state index is -0.306. The third kappa shape index (κ3) is 6.02. The predicted octanol–water partition coefficient (Wildman–Crippen LogP) is 1.48. The molecule has 1 aromatic rings. The van der Waals surface area contributed by atoms with Gasteiger partial charge in [-0.15, -0.1) is 0 Å². The van der Waals surface area contributed by atoms with E-state index in [0.717, 1.165) is 19.5 Å². The highest BCUT2D eigenvalue weighted by Crippen LogP contribution is 2.03. The maximum Gasteiger partial charge on any atom is 0.224 e. The Hall–Kier alpha value is -1.42. The molecule has 0 unspecified atom stereocenters. The average Bonchev–Trinajstić information content (AvgIpc) is 2.29. The third-order valence-corrected chi connectivity index (χ3v) is 2.30. The van der Waals surface area contributed by atoms with E-state index in [4.69, 9.17) is 0 Å². The minimum Gasteiger partial charge on any atom is -0.355 e. The zero-order chi connectivity index (χ0) is 12.5. The smallest absolute Gasteiger partial charge is 0.224 e. The first-order valence-corrected chi connectivity index (χ1v) is 5.94. The molecule has 17 heavy (non-hydrogen) atoms. The summed E-state index contributed by atoms with van der Waals surface area (Å²) in [5.74, 6) is -0.381. The van der Waals surface area contributed by atoms with Crippen molar-refractivity contribution in [1.82, 2.24) is 10.6 Å². The van der Waals surface area contributed by atoms with Crippen molar-refractivity contribution in [3.63, 3.8) is 0 Å². The molecule has 0 aromatic heterocycles. The van der Waals surface area contributed by atoms with Crippen molar-refractivity contribution in [1.29, 1.82) is 0 Å². The van der Waals surface area contributed by atoms with E-state index < -0.39 is 0 Å². The number of hydrogen-bond acceptors (Lipinski definition) is 2. The maximum absolute atomic E-state index is 12.9. The van der Waals surface area contributed by atoms with Crippen LogP contribution in [0.3, 0.4) is 0 Å². The first-order chi connectivity index (χ1) is 8.22. The van der Waals surface area contributed by atoms with E-state index in [0.29, 0.717) is 12.1 Å². The van der Waals surface area contributed by atoms with Crippen molar-refractivity contribution in [2.45, 2.75) is 19.8 Å². The molecule has 1 rings (SSSR count). The van der Waals surface area contributed by atoms with Gasteiger partial charge in [-0.05, 0) is 30.7 Å². The fourth-order valence-electron chi connectivity index (χ4n) is 1.49. The molecule has 0 spiro atoms. The summed E-state index contributed by atoms with van der Waals surface area (Å²) in [6, 6.07) is 6.11. The zero-order valence-electron chi connectivity index (χ0n) is 10.1. The van der Waals surface area contributed by atoms with E-state index in [-0.39, 0.29) is 18.1 Å². The molecule has 0 aliphatic rings. The van der Waals surface area contributed by atoms with E-state index in [2.05, 4.69) is 17.6 Å². The summed E-state index contributed by atoms with van der Waals surface area (Å²) >= 11 is 0. The zero-order valence-corrected chi connectivity index (χ0v) is 10.1. The van der Waals surface area contributed by atoms with E-state index in [1.54, 1.807) is 12.1 Å². The highest BCUT2D eigenvalue weighted by molar-refractivity contribution is 5.78. The fraction of sp³-hybridized carbons (Fsp3) is 0.462. The van der Waals surface area contributed by atoms with E-state index >= 15 is 0 Å². The lowest BCUT2D eigenvalue weighted by molar-refractivity contribution is -0.120. The van der Waals surface area contributed by atoms with Gasteiger partial charge < -0.3 is 10.6 Å². The molecule has 1 amide bonds. The number of nitrogens with one attached hydrogen (secondary N) is 2. The Kier molecular flexibility index (Phi) is 6.25. The second-order valence-corrected chi connectivity index (χ2v) is 3.91. The summed E-state index contributed by atoms with van der Waals surface area (Å²) in [6.07, 6.45) is 1.31. The lowest BCUT2D eigenvalue weighted by Gasteiger charge is -2.06. The van der Waals surface area contributed by atoms with Gasteiger partial charge in [0.2, 0.25) is 5.91 Å². The Bertz CT molecular complexity index is 355. The molecular formula is C13H19FN2O. The number of carbonyl (C=O) groups is 1. The highest BCUT2D eigenvalue weighted by atomic mass is 19.1. The summed E-state index contributed by atoms with van der Waals surface area (Å²) < 4.78 is 12.9. The van der Waals surface area contributed by atoms with Crippen LogP contribution in [0.4, 0.5) is 4.39 Å². The number of carbonyl (C=O) groups excluding carboxylic acids is 1. The predicted molar refractivity (Wildman–Crippen MR) is 66.3 cm³/mol. The van der Waals surface area contributed by atoms with Crippen LogP contribution in [0.5, 0.6) is 0 Å². The summed E-state index contributed by atoms with van der Waals surface area (Å²) in [5, 5.41) is 5.97. The Morgan fingerprint density at radius 2 is 2.12 bits per heavy atom. The van der Waals surface area contributed by atoms with Crippen LogP contribution in [0.25, 0.3) is 0 Å². The van der Waals surface area contributed by atoms with Gasteiger partial charge in [0.15, 0.2) is 0 Å². The van der Waals surface area contributed by atoms with Crippen molar-refractivity contribution in [3.05, 3.63) is 35.6 Å². The minimum absolute atomic E-state index is 0.0751. The van der Waals surface area contributed by atoms with Crippen LogP contribution >= 0.6 is 0 Å². The summed E-state index contributed by atoms with van der Waals surface area (Å²) in [7, 11) is 0. The number of amides is 1. The Morgan fingerprint density at radius 3 is 2.82 bits per heavy atom. The average molecular weight is 238 g/mol. The van der Waals surface area contributed by atoms with E-state index in [9.17, 15) is 9.18 Å². The number of benzene rings is 1. The van der Waals surface area contributed by atoms with Gasteiger partial charge in [-0.3, -0.25) is 4.79 Å². The first kappa shape index (κ1) is 13.6. The second kappa shape index (κ2) is 7.79. The van der Waals surface area contributed by atoms with Crippen molar-refractivity contribution in [2.75, 3.05) is 19.6 Å². The van der Waals surface area contributed by atoms with Gasteiger partial charge in [0.05, 0.1) is 6.42 Å². The van der Waals surface area contributed by atoms with Gasteiger partial charge in [-0.1, -0.05) is 19.1 Å². The Labute approximate surface area is 101 Å². The number of hydrogen-bond donors (Lipinski definition) is 2. The Balaban J connectivity index is 2.21. The quantitative estimate of drug-likeness (QED) is 0.707. The number of halogens is 1. The van der Waals surface area contributed by atoms with Gasteiger partial charge in [-0.25, -0.2) is 4.39 Å². The summed E-state index contributed by atoms with van der Waals surface area (Å²) in [4.78, 5) is 11.5. The standard InChI is InChI=1S/C13H19FN2O/c1-2-6-15-7-8-16-13(17)10-11-4-3-5-12(14)9-11/h3-5,9,15H,2,6-8,10H2,1H3,(H,16,17). The third-order valence-electron chi connectivity index (χ3n) is 2.30. The van der Waals surface area contributed by atoms with Crippen molar-refractivity contribution < 1.29 is 9.18 Å². The van der Waals surface area contributed by atoms with E-state index in [1.807, 2.05) is 0 Å². The van der Waals surface area contributed by atoms with Gasteiger partial charge in [0, 0.05) is 13.1 Å². The molecule has 0 fully saturated rings. The van der Waals surface area contributed by atoms with Crippen LogP contribution in [0.1, 0.15) is 18.9 Å². The van der Waals surface area contributed by atoms with Crippen molar-refractivity contribution >= 4 is 5.91 Å². The van der Waals surface area contributed by atoms with Crippen LogP contribution in [0, 0.1) is 5.82 Å². The highest BCUT2D eigenvalue weighted by Gasteiger charge is 2.03. The molecule has 0 bridgehead atoms. The first-order valence-electron chi connectivity index (χ1n) is 5.94. The normalized spacial score (nSPS) is 10.2. The molecule has 3 nitrogen and oxygen atoms in total. The molecule has 2 N–H and O–H groups in total. The Morgan fingerprint density at radius 1 is 1.29 bits per heavy atom. The SMILES string of the molecule is CCCNCCNC(=O)Cc1cccc(F)c1. The molecule has 0 atom stereocenters. The molecule has 0 saturated heterocycles. The van der Waals surface area contributed by atoms with Crippen molar-refractivity contribution in [2.24, 2.45) is 0 Å². The molecule has 4 heteroatoms. The monoisotopic (exact) mass is 238 g/mol. The lowest BCUT2D eigenvalue weighted by Crippen LogP contribution is -2.33. The van der Waals surface area contributed by atoms with Crippen LogP contribution in [-0.4, -0.2) is 25.5 Å². The topological polar surface area (TPSA) is 41.1 Å².